The quantitative estimate of drug-likeness (QED) is 0.851. The van der Waals surface area contributed by atoms with E-state index in [0.29, 0.717) is 24.0 Å². The molecule has 0 unspecified atom stereocenters. The minimum absolute atomic E-state index is 0.207. The number of hydrogen-bond acceptors (Lipinski definition) is 4. The van der Waals surface area contributed by atoms with Gasteiger partial charge in [-0.25, -0.2) is 13.1 Å². The van der Waals surface area contributed by atoms with Crippen LogP contribution < -0.4 is 10.5 Å². The minimum Gasteiger partial charge on any atom is -0.464 e. The summed E-state index contributed by atoms with van der Waals surface area (Å²) < 4.78 is 32.2. The van der Waals surface area contributed by atoms with E-state index in [9.17, 15) is 8.42 Å². The summed E-state index contributed by atoms with van der Waals surface area (Å²) in [6.07, 6.45) is 4.63. The molecule has 6 heteroatoms. The van der Waals surface area contributed by atoms with E-state index in [4.69, 9.17) is 10.2 Å². The predicted octanol–water partition coefficient (Wildman–Crippen LogP) is 1.52. The molecule has 0 aliphatic heterocycles. The summed E-state index contributed by atoms with van der Waals surface area (Å²) in [5.41, 5.74) is 5.44. The smallest absolute Gasteiger partial charge is 0.244 e. The first-order chi connectivity index (χ1) is 8.53. The molecule has 0 amide bonds. The van der Waals surface area contributed by atoms with E-state index in [-0.39, 0.29) is 11.4 Å². The number of hydrogen-bond donors (Lipinski definition) is 2. The van der Waals surface area contributed by atoms with Crippen molar-refractivity contribution >= 4 is 10.0 Å². The van der Waals surface area contributed by atoms with Crippen LogP contribution >= 0.6 is 0 Å². The van der Waals surface area contributed by atoms with E-state index in [1.54, 1.807) is 6.92 Å². The fourth-order valence-corrected chi connectivity index (χ4v) is 3.73. The van der Waals surface area contributed by atoms with E-state index < -0.39 is 10.0 Å². The molecule has 0 spiro atoms. The van der Waals surface area contributed by atoms with Gasteiger partial charge in [-0.3, -0.25) is 0 Å². The summed E-state index contributed by atoms with van der Waals surface area (Å²) in [4.78, 5) is 0.209. The van der Waals surface area contributed by atoms with E-state index >= 15 is 0 Å². The zero-order chi connectivity index (χ0) is 13.2. The van der Waals surface area contributed by atoms with Gasteiger partial charge in [-0.15, -0.1) is 0 Å². The Morgan fingerprint density at radius 1 is 1.44 bits per heavy atom. The average molecular weight is 272 g/mol. The van der Waals surface area contributed by atoms with Crippen molar-refractivity contribution < 1.29 is 12.8 Å². The third-order valence-corrected chi connectivity index (χ3v) is 4.98. The molecular weight excluding hydrogens is 252 g/mol. The molecule has 102 valence electrons. The van der Waals surface area contributed by atoms with E-state index in [2.05, 4.69) is 4.72 Å². The van der Waals surface area contributed by atoms with Crippen molar-refractivity contribution in [2.24, 2.45) is 11.7 Å². The van der Waals surface area contributed by atoms with Crippen LogP contribution in [0.1, 0.15) is 37.2 Å². The molecule has 0 radical (unpaired) electrons. The molecule has 0 atom stereocenters. The molecular formula is C12H20N2O3S. The van der Waals surface area contributed by atoms with Gasteiger partial charge in [-0.2, -0.15) is 0 Å². The number of nitrogens with two attached hydrogens (primary N) is 1. The third-order valence-electron chi connectivity index (χ3n) is 3.45. The highest BCUT2D eigenvalue weighted by Gasteiger charge is 2.23. The van der Waals surface area contributed by atoms with E-state index in [1.165, 1.54) is 18.9 Å². The largest absolute Gasteiger partial charge is 0.464 e. The van der Waals surface area contributed by atoms with Gasteiger partial charge >= 0.3 is 0 Å². The van der Waals surface area contributed by atoms with Crippen LogP contribution in [0.3, 0.4) is 0 Å². The van der Waals surface area contributed by atoms with Crippen LogP contribution in [0.15, 0.2) is 15.4 Å². The van der Waals surface area contributed by atoms with Gasteiger partial charge in [0.1, 0.15) is 16.4 Å². The molecule has 18 heavy (non-hydrogen) atoms. The molecule has 1 saturated carbocycles. The first kappa shape index (κ1) is 13.6. The topological polar surface area (TPSA) is 85.3 Å². The van der Waals surface area contributed by atoms with Crippen LogP contribution in [0.25, 0.3) is 0 Å². The fourth-order valence-electron chi connectivity index (χ4n) is 2.41. The van der Waals surface area contributed by atoms with Crippen LogP contribution in [-0.2, 0) is 16.6 Å². The summed E-state index contributed by atoms with van der Waals surface area (Å²) in [5, 5.41) is 0. The maximum absolute atomic E-state index is 12.1. The fraction of sp³-hybridized carbons (Fsp3) is 0.667. The molecule has 1 aliphatic rings. The average Bonchev–Trinajstić information content (AvgIpc) is 2.95. The first-order valence-corrected chi connectivity index (χ1v) is 7.80. The van der Waals surface area contributed by atoms with Crippen molar-refractivity contribution in [1.29, 1.82) is 0 Å². The lowest BCUT2D eigenvalue weighted by molar-refractivity contribution is 0.477. The number of sulfonamides is 1. The van der Waals surface area contributed by atoms with E-state index in [1.807, 2.05) is 0 Å². The van der Waals surface area contributed by atoms with Gasteiger partial charge < -0.3 is 10.2 Å². The molecule has 5 nitrogen and oxygen atoms in total. The lowest BCUT2D eigenvalue weighted by Crippen LogP contribution is -2.28. The van der Waals surface area contributed by atoms with Gasteiger partial charge in [-0.05, 0) is 25.7 Å². The van der Waals surface area contributed by atoms with E-state index in [0.717, 1.165) is 12.8 Å². The van der Waals surface area contributed by atoms with Gasteiger partial charge in [0, 0.05) is 12.6 Å². The van der Waals surface area contributed by atoms with Crippen molar-refractivity contribution in [3.8, 4) is 0 Å². The summed E-state index contributed by atoms with van der Waals surface area (Å²) >= 11 is 0. The molecule has 0 aromatic carbocycles. The second-order valence-electron chi connectivity index (χ2n) is 4.84. The Morgan fingerprint density at radius 2 is 2.11 bits per heavy atom. The lowest BCUT2D eigenvalue weighted by atomic mass is 10.1. The van der Waals surface area contributed by atoms with Crippen molar-refractivity contribution in [2.45, 2.75) is 44.0 Å². The summed E-state index contributed by atoms with van der Waals surface area (Å²) in [5.74, 6) is 1.36. The molecule has 0 saturated heterocycles. The molecule has 1 aromatic heterocycles. The Labute approximate surface area is 108 Å². The van der Waals surface area contributed by atoms with Crippen LogP contribution in [-0.4, -0.2) is 15.0 Å². The number of aryl methyl sites for hydroxylation is 1. The normalized spacial score (nSPS) is 17.4. The molecule has 1 aliphatic carbocycles. The van der Waals surface area contributed by atoms with Gasteiger partial charge in [0.05, 0.1) is 6.54 Å². The summed E-state index contributed by atoms with van der Waals surface area (Å²) in [7, 11) is -3.47. The summed E-state index contributed by atoms with van der Waals surface area (Å²) in [6, 6.07) is 1.51. The minimum atomic E-state index is -3.47. The maximum atomic E-state index is 12.1. The zero-order valence-corrected chi connectivity index (χ0v) is 11.4. The van der Waals surface area contributed by atoms with Crippen molar-refractivity contribution in [3.63, 3.8) is 0 Å². The molecule has 1 fully saturated rings. The molecule has 1 heterocycles. The van der Waals surface area contributed by atoms with Crippen LogP contribution in [0, 0.1) is 12.8 Å². The highest BCUT2D eigenvalue weighted by Crippen LogP contribution is 2.25. The Balaban J connectivity index is 2.06. The highest BCUT2D eigenvalue weighted by molar-refractivity contribution is 7.89. The Bertz CT molecular complexity index is 501. The van der Waals surface area contributed by atoms with Crippen molar-refractivity contribution in [1.82, 2.24) is 4.72 Å². The van der Waals surface area contributed by atoms with Crippen LogP contribution in [0.5, 0.6) is 0 Å². The van der Waals surface area contributed by atoms with Crippen molar-refractivity contribution in [2.75, 3.05) is 6.54 Å². The Hall–Kier alpha value is -0.850. The second kappa shape index (κ2) is 5.42. The SMILES string of the molecule is Cc1oc(CN)cc1S(=O)(=O)NCC1CCCC1. The molecule has 0 bridgehead atoms. The number of rotatable bonds is 5. The molecule has 1 aromatic rings. The van der Waals surface area contributed by atoms with Gasteiger partial charge in [0.15, 0.2) is 0 Å². The van der Waals surface area contributed by atoms with Crippen LogP contribution in [0.4, 0.5) is 0 Å². The highest BCUT2D eigenvalue weighted by atomic mass is 32.2. The zero-order valence-electron chi connectivity index (χ0n) is 10.6. The number of furan rings is 1. The molecule has 3 N–H and O–H groups in total. The van der Waals surface area contributed by atoms with Gasteiger partial charge in [0.2, 0.25) is 10.0 Å². The summed E-state index contributed by atoms with van der Waals surface area (Å²) in [6.45, 7) is 2.37. The van der Waals surface area contributed by atoms with Gasteiger partial charge in [0.25, 0.3) is 0 Å². The first-order valence-electron chi connectivity index (χ1n) is 6.32. The Kier molecular flexibility index (Phi) is 4.09. The Morgan fingerprint density at radius 3 is 2.67 bits per heavy atom. The lowest BCUT2D eigenvalue weighted by Gasteiger charge is -2.10. The molecule has 2 rings (SSSR count). The predicted molar refractivity (Wildman–Crippen MR) is 68.5 cm³/mol. The standard InChI is InChI=1S/C12H20N2O3S/c1-9-12(6-11(7-13)17-9)18(15,16)14-8-10-4-2-3-5-10/h6,10,14H,2-5,7-8,13H2,1H3. The maximum Gasteiger partial charge on any atom is 0.244 e. The van der Waals surface area contributed by atoms with Crippen LogP contribution in [0.2, 0.25) is 0 Å². The second-order valence-corrected chi connectivity index (χ2v) is 6.58. The monoisotopic (exact) mass is 272 g/mol. The van der Waals surface area contributed by atoms with Gasteiger partial charge in [-0.1, -0.05) is 12.8 Å². The third kappa shape index (κ3) is 2.93. The number of nitrogens with one attached hydrogen (secondary N) is 1. The van der Waals surface area contributed by atoms with Crippen molar-refractivity contribution in [3.05, 3.63) is 17.6 Å².